The molecular weight excluding hydrogens is 494 g/mol. The fourth-order valence-electron chi connectivity index (χ4n) is 3.37. The lowest BCUT2D eigenvalue weighted by atomic mass is 10.0. The second kappa shape index (κ2) is 9.62. The minimum Gasteiger partial charge on any atom is -0.326 e. The van der Waals surface area contributed by atoms with Gasteiger partial charge in [0.1, 0.15) is 4.33 Å². The highest BCUT2D eigenvalue weighted by Gasteiger charge is 2.67. The first-order valence-electron chi connectivity index (χ1n) is 9.18. The van der Waals surface area contributed by atoms with Gasteiger partial charge in [-0.2, -0.15) is 0 Å². The zero-order valence-corrected chi connectivity index (χ0v) is 19.3. The van der Waals surface area contributed by atoms with Gasteiger partial charge in [0.05, 0.1) is 17.6 Å². The summed E-state index contributed by atoms with van der Waals surface area (Å²) < 4.78 is 10.9. The number of unbranched alkanes of at least 4 members (excludes halogenated alkanes) is 1. The second-order valence-corrected chi connectivity index (χ2v) is 9.81. The van der Waals surface area contributed by atoms with Gasteiger partial charge in [-0.1, -0.05) is 34.8 Å². The average Bonchev–Trinajstić information content (AvgIpc) is 3.25. The van der Waals surface area contributed by atoms with Gasteiger partial charge >= 0.3 is 0 Å². The molecule has 0 radical (unpaired) electrons. The van der Waals surface area contributed by atoms with E-state index in [9.17, 15) is 14.0 Å². The van der Waals surface area contributed by atoms with E-state index in [4.69, 9.17) is 58.0 Å². The van der Waals surface area contributed by atoms with Gasteiger partial charge in [0.15, 0.2) is 5.78 Å². The van der Waals surface area contributed by atoms with Crippen LogP contribution in [0.1, 0.15) is 41.1 Å². The Morgan fingerprint density at radius 2 is 1.67 bits per heavy atom. The van der Waals surface area contributed by atoms with Crippen LogP contribution < -0.4 is 5.32 Å². The van der Waals surface area contributed by atoms with Crippen LogP contribution in [0.25, 0.3) is 0 Å². The van der Waals surface area contributed by atoms with Gasteiger partial charge in [0.2, 0.25) is 5.91 Å². The normalized spacial score (nSPS) is 19.4. The summed E-state index contributed by atoms with van der Waals surface area (Å²) in [7, 11) is 0. The first kappa shape index (κ1) is 23.6. The molecule has 2 aromatic rings. The van der Waals surface area contributed by atoms with Crippen LogP contribution >= 0.6 is 58.0 Å². The highest BCUT2D eigenvalue weighted by molar-refractivity contribution is 6.53. The molecule has 2 aromatic carbocycles. The Balaban J connectivity index is 1.74. The molecule has 3 nitrogen and oxygen atoms in total. The molecule has 3 rings (SSSR count). The van der Waals surface area contributed by atoms with Gasteiger partial charge in [-0.3, -0.25) is 14.0 Å². The van der Waals surface area contributed by atoms with Gasteiger partial charge < -0.3 is 5.32 Å². The summed E-state index contributed by atoms with van der Waals surface area (Å²) in [5, 5.41) is 3.83. The standard InChI is InChI=1S/C21H17Cl5FNO2/c22-12-7-11(8-13(23)9-12)18-19(21(18,25)26)20(30)28-14-4-5-16(24)15(10-14)17(29)3-1-2-6-27/h4-5,7-10,18-19H,1-3,6H2,(H,28,30). The van der Waals surface area contributed by atoms with Crippen molar-refractivity contribution in [2.45, 2.75) is 29.5 Å². The molecule has 0 saturated heterocycles. The summed E-state index contributed by atoms with van der Waals surface area (Å²) in [6.07, 6.45) is 0.910. The molecule has 1 aliphatic carbocycles. The molecule has 2 atom stereocenters. The Kier molecular flexibility index (Phi) is 7.57. The number of amides is 1. The molecule has 1 aliphatic rings. The number of Topliss-reactive ketones (excluding diaryl/α,β-unsaturated/α-hetero) is 1. The Morgan fingerprint density at radius 1 is 1.00 bits per heavy atom. The van der Waals surface area contributed by atoms with Gasteiger partial charge in [-0.15, -0.1) is 23.2 Å². The van der Waals surface area contributed by atoms with Crippen LogP contribution in [0.3, 0.4) is 0 Å². The molecule has 1 fully saturated rings. The van der Waals surface area contributed by atoms with Crippen LogP contribution in [0.2, 0.25) is 15.1 Å². The molecule has 1 amide bonds. The molecule has 9 heteroatoms. The van der Waals surface area contributed by atoms with E-state index < -0.39 is 28.8 Å². The van der Waals surface area contributed by atoms with E-state index in [1.54, 1.807) is 24.3 Å². The van der Waals surface area contributed by atoms with E-state index >= 15 is 0 Å². The van der Waals surface area contributed by atoms with E-state index in [-0.39, 0.29) is 22.8 Å². The molecule has 1 saturated carbocycles. The number of carbonyl (C=O) groups is 2. The Labute approximate surface area is 198 Å². The number of carbonyl (C=O) groups excluding carboxylic acids is 2. The lowest BCUT2D eigenvalue weighted by Gasteiger charge is -2.09. The largest absolute Gasteiger partial charge is 0.326 e. The molecule has 0 bridgehead atoms. The third-order valence-corrected chi connectivity index (χ3v) is 6.61. The van der Waals surface area contributed by atoms with E-state index in [2.05, 4.69) is 5.32 Å². The summed E-state index contributed by atoms with van der Waals surface area (Å²) in [5.74, 6) is -1.83. The number of hydrogen-bond acceptors (Lipinski definition) is 2. The summed E-state index contributed by atoms with van der Waals surface area (Å²) >= 11 is 30.9. The van der Waals surface area contributed by atoms with Crippen molar-refractivity contribution in [2.24, 2.45) is 5.92 Å². The lowest BCUT2D eigenvalue weighted by molar-refractivity contribution is -0.117. The maximum atomic E-state index is 12.8. The monoisotopic (exact) mass is 509 g/mol. The fourth-order valence-corrected chi connectivity index (χ4v) is 4.97. The van der Waals surface area contributed by atoms with Crippen molar-refractivity contribution >= 4 is 75.4 Å². The van der Waals surface area contributed by atoms with Crippen molar-refractivity contribution in [3.63, 3.8) is 0 Å². The zero-order chi connectivity index (χ0) is 22.1. The predicted octanol–water partition coefficient (Wildman–Crippen LogP) is 7.50. The Bertz CT molecular complexity index is 962. The van der Waals surface area contributed by atoms with Crippen LogP contribution in [0.4, 0.5) is 10.1 Å². The first-order chi connectivity index (χ1) is 14.1. The molecule has 30 heavy (non-hydrogen) atoms. The minimum atomic E-state index is -1.31. The minimum absolute atomic E-state index is 0.174. The summed E-state index contributed by atoms with van der Waals surface area (Å²) in [6, 6.07) is 9.51. The zero-order valence-electron chi connectivity index (χ0n) is 15.5. The number of hydrogen-bond donors (Lipinski definition) is 1. The molecule has 2 unspecified atom stereocenters. The Hall–Kier alpha value is -1.04. The third kappa shape index (κ3) is 5.23. The van der Waals surface area contributed by atoms with Gasteiger partial charge in [-0.05, 0) is 54.8 Å². The quantitative estimate of drug-likeness (QED) is 0.227. The average molecular weight is 512 g/mol. The number of nitrogens with one attached hydrogen (secondary N) is 1. The summed E-state index contributed by atoms with van der Waals surface area (Å²) in [4.78, 5) is 25.2. The number of benzene rings is 2. The van der Waals surface area contributed by atoms with E-state index in [0.29, 0.717) is 34.1 Å². The Morgan fingerprint density at radius 3 is 2.30 bits per heavy atom. The number of halogens is 6. The smallest absolute Gasteiger partial charge is 0.231 e. The number of rotatable bonds is 8. The van der Waals surface area contributed by atoms with E-state index in [1.807, 2.05) is 0 Å². The SMILES string of the molecule is O=C(CCCCF)c1cc(NC(=O)C2C(c3cc(Cl)cc(Cl)c3)C2(Cl)Cl)ccc1Cl. The highest BCUT2D eigenvalue weighted by atomic mass is 35.5. The van der Waals surface area contributed by atoms with Crippen molar-refractivity contribution in [1.29, 1.82) is 0 Å². The van der Waals surface area contributed by atoms with Gasteiger partial charge in [0, 0.05) is 33.6 Å². The molecule has 0 aromatic heterocycles. The molecular formula is C21H17Cl5FNO2. The topological polar surface area (TPSA) is 46.2 Å². The van der Waals surface area contributed by atoms with Crippen LogP contribution in [0.15, 0.2) is 36.4 Å². The van der Waals surface area contributed by atoms with Crippen molar-refractivity contribution in [3.8, 4) is 0 Å². The van der Waals surface area contributed by atoms with Crippen LogP contribution in [0.5, 0.6) is 0 Å². The van der Waals surface area contributed by atoms with Crippen LogP contribution in [0, 0.1) is 5.92 Å². The van der Waals surface area contributed by atoms with Crippen LogP contribution in [-0.4, -0.2) is 22.7 Å². The molecule has 0 heterocycles. The second-order valence-electron chi connectivity index (χ2n) is 7.09. The molecule has 0 spiro atoms. The predicted molar refractivity (Wildman–Crippen MR) is 121 cm³/mol. The van der Waals surface area contributed by atoms with Crippen molar-refractivity contribution < 1.29 is 14.0 Å². The lowest BCUT2D eigenvalue weighted by Crippen LogP contribution is -2.17. The maximum Gasteiger partial charge on any atom is 0.231 e. The van der Waals surface area contributed by atoms with Gasteiger partial charge in [-0.25, -0.2) is 0 Å². The number of ketones is 1. The van der Waals surface area contributed by atoms with Crippen molar-refractivity contribution in [2.75, 3.05) is 12.0 Å². The fraction of sp³-hybridized carbons (Fsp3) is 0.333. The van der Waals surface area contributed by atoms with Crippen molar-refractivity contribution in [1.82, 2.24) is 0 Å². The molecule has 1 N–H and O–H groups in total. The van der Waals surface area contributed by atoms with E-state index in [1.165, 1.54) is 12.1 Å². The van der Waals surface area contributed by atoms with Crippen LogP contribution in [-0.2, 0) is 4.79 Å². The number of anilines is 1. The van der Waals surface area contributed by atoms with Crippen molar-refractivity contribution in [3.05, 3.63) is 62.6 Å². The summed E-state index contributed by atoms with van der Waals surface area (Å²) in [6.45, 7) is -0.476. The molecule has 0 aliphatic heterocycles. The number of alkyl halides is 3. The summed E-state index contributed by atoms with van der Waals surface area (Å²) in [5.41, 5.74) is 1.32. The van der Waals surface area contributed by atoms with E-state index in [0.717, 1.165) is 0 Å². The first-order valence-corrected chi connectivity index (χ1v) is 11.1. The highest BCUT2D eigenvalue weighted by Crippen LogP contribution is 2.65. The third-order valence-electron chi connectivity index (χ3n) is 4.90. The van der Waals surface area contributed by atoms with Gasteiger partial charge in [0.25, 0.3) is 0 Å². The maximum absolute atomic E-state index is 12.8. The molecule has 160 valence electrons.